The largest absolute Gasteiger partial charge is 0.504 e. The maximum absolute atomic E-state index is 11.5. The maximum atomic E-state index is 11.5. The third-order valence-corrected chi connectivity index (χ3v) is 2.86. The molecule has 23 heavy (non-hydrogen) atoms. The molecule has 6 nitrogen and oxygen atoms in total. The van der Waals surface area contributed by atoms with Crippen LogP contribution < -0.4 is 0 Å². The van der Waals surface area contributed by atoms with E-state index in [0.29, 0.717) is 11.1 Å². The zero-order valence-corrected chi connectivity index (χ0v) is 11.9. The number of rotatable bonds is 4. The molecule has 2 rings (SSSR count). The SMILES string of the molecule is O=C(/C=C/c1ccc(O)c(O)c1)O/C=C/c1ccc(O)c(O)c1. The number of hydrogen-bond acceptors (Lipinski definition) is 6. The van der Waals surface area contributed by atoms with Gasteiger partial charge in [-0.1, -0.05) is 12.1 Å². The molecule has 0 bridgehead atoms. The highest BCUT2D eigenvalue weighted by molar-refractivity contribution is 5.87. The lowest BCUT2D eigenvalue weighted by Crippen LogP contribution is -1.93. The van der Waals surface area contributed by atoms with Gasteiger partial charge in [0, 0.05) is 6.08 Å². The van der Waals surface area contributed by atoms with E-state index < -0.39 is 5.97 Å². The standard InChI is InChI=1S/C17H14O6/c18-13-4-1-11(9-15(13)20)3-6-17(22)23-8-7-12-2-5-14(19)16(21)10-12/h1-10,18-21H/b6-3+,8-7+. The zero-order chi connectivity index (χ0) is 16.8. The summed E-state index contributed by atoms with van der Waals surface area (Å²) < 4.78 is 4.83. The summed E-state index contributed by atoms with van der Waals surface area (Å²) in [6, 6.07) is 8.29. The molecule has 0 saturated carbocycles. The molecule has 2 aromatic carbocycles. The van der Waals surface area contributed by atoms with Gasteiger partial charge in [0.05, 0.1) is 6.26 Å². The average Bonchev–Trinajstić information content (AvgIpc) is 2.52. The number of aromatic hydroxyl groups is 4. The molecule has 0 spiro atoms. The van der Waals surface area contributed by atoms with E-state index in [-0.39, 0.29) is 23.0 Å². The van der Waals surface area contributed by atoms with Crippen molar-refractivity contribution in [2.45, 2.75) is 0 Å². The van der Waals surface area contributed by atoms with Crippen LogP contribution in [0.5, 0.6) is 23.0 Å². The van der Waals surface area contributed by atoms with Crippen LogP contribution in [0.4, 0.5) is 0 Å². The first-order valence-corrected chi connectivity index (χ1v) is 6.55. The van der Waals surface area contributed by atoms with E-state index >= 15 is 0 Å². The second-order valence-corrected chi connectivity index (χ2v) is 4.57. The van der Waals surface area contributed by atoms with Crippen molar-refractivity contribution in [1.82, 2.24) is 0 Å². The Balaban J connectivity index is 1.93. The Morgan fingerprint density at radius 1 is 0.783 bits per heavy atom. The minimum absolute atomic E-state index is 0.237. The van der Waals surface area contributed by atoms with Gasteiger partial charge in [0.25, 0.3) is 0 Å². The van der Waals surface area contributed by atoms with Crippen molar-refractivity contribution in [2.75, 3.05) is 0 Å². The normalized spacial score (nSPS) is 11.1. The van der Waals surface area contributed by atoms with Crippen LogP contribution >= 0.6 is 0 Å². The summed E-state index contributed by atoms with van der Waals surface area (Å²) in [6.45, 7) is 0. The Hall–Kier alpha value is -3.41. The maximum Gasteiger partial charge on any atom is 0.335 e. The Kier molecular flexibility index (Phi) is 4.89. The van der Waals surface area contributed by atoms with E-state index in [9.17, 15) is 25.2 Å². The van der Waals surface area contributed by atoms with Gasteiger partial charge < -0.3 is 25.2 Å². The van der Waals surface area contributed by atoms with Gasteiger partial charge in [0.1, 0.15) is 0 Å². The van der Waals surface area contributed by atoms with Gasteiger partial charge in [-0.15, -0.1) is 0 Å². The van der Waals surface area contributed by atoms with Gasteiger partial charge in [-0.25, -0.2) is 4.79 Å². The number of carbonyl (C=O) groups is 1. The summed E-state index contributed by atoms with van der Waals surface area (Å²) in [5, 5.41) is 37.0. The highest BCUT2D eigenvalue weighted by Gasteiger charge is 2.00. The summed E-state index contributed by atoms with van der Waals surface area (Å²) in [5.41, 5.74) is 1.06. The van der Waals surface area contributed by atoms with E-state index in [1.165, 1.54) is 48.6 Å². The fraction of sp³-hybridized carbons (Fsp3) is 0. The summed E-state index contributed by atoms with van der Waals surface area (Å²) in [5.74, 6) is -1.68. The van der Waals surface area contributed by atoms with Crippen molar-refractivity contribution >= 4 is 18.1 Å². The number of phenolic OH excluding ortho intramolecular Hbond substituents is 4. The lowest BCUT2D eigenvalue weighted by molar-refractivity contribution is -0.132. The van der Waals surface area contributed by atoms with Crippen LogP contribution in [0, 0.1) is 0 Å². The molecule has 0 amide bonds. The molecule has 0 fully saturated rings. The molecule has 0 aliphatic carbocycles. The van der Waals surface area contributed by atoms with Crippen molar-refractivity contribution in [3.8, 4) is 23.0 Å². The minimum atomic E-state index is -0.642. The fourth-order valence-corrected chi connectivity index (χ4v) is 1.67. The van der Waals surface area contributed by atoms with Crippen LogP contribution in [0.1, 0.15) is 11.1 Å². The number of esters is 1. The molecular formula is C17H14O6. The molecule has 0 aromatic heterocycles. The predicted octanol–water partition coefficient (Wildman–Crippen LogP) is 2.74. The zero-order valence-electron chi connectivity index (χ0n) is 11.9. The lowest BCUT2D eigenvalue weighted by Gasteiger charge is -1.99. The van der Waals surface area contributed by atoms with Gasteiger partial charge in [-0.3, -0.25) is 0 Å². The predicted molar refractivity (Wildman–Crippen MR) is 83.7 cm³/mol. The van der Waals surface area contributed by atoms with Crippen molar-refractivity contribution in [3.05, 3.63) is 59.9 Å². The quantitative estimate of drug-likeness (QED) is 0.299. The van der Waals surface area contributed by atoms with Crippen molar-refractivity contribution in [1.29, 1.82) is 0 Å². The van der Waals surface area contributed by atoms with Crippen molar-refractivity contribution in [2.24, 2.45) is 0 Å². The first kappa shape index (κ1) is 16.0. The average molecular weight is 314 g/mol. The topological polar surface area (TPSA) is 107 Å². The number of benzene rings is 2. The van der Waals surface area contributed by atoms with Gasteiger partial charge >= 0.3 is 5.97 Å². The third-order valence-electron chi connectivity index (χ3n) is 2.86. The fourth-order valence-electron chi connectivity index (χ4n) is 1.67. The van der Waals surface area contributed by atoms with Gasteiger partial charge in [-0.2, -0.15) is 0 Å². The number of hydrogen-bond donors (Lipinski definition) is 4. The Morgan fingerprint density at radius 3 is 1.83 bits per heavy atom. The summed E-state index contributed by atoms with van der Waals surface area (Å²) in [6.07, 6.45) is 5.16. The van der Waals surface area contributed by atoms with Gasteiger partial charge in [0.15, 0.2) is 23.0 Å². The molecule has 0 heterocycles. The molecule has 6 heteroatoms. The van der Waals surface area contributed by atoms with Gasteiger partial charge in [-0.05, 0) is 47.5 Å². The number of phenols is 4. The number of carbonyl (C=O) groups excluding carboxylic acids is 1. The van der Waals surface area contributed by atoms with E-state index in [2.05, 4.69) is 0 Å². The first-order chi connectivity index (χ1) is 11.0. The lowest BCUT2D eigenvalue weighted by atomic mass is 10.2. The van der Waals surface area contributed by atoms with Crippen LogP contribution in [-0.2, 0) is 9.53 Å². The molecule has 0 aliphatic heterocycles. The van der Waals surface area contributed by atoms with Crippen LogP contribution in [0.2, 0.25) is 0 Å². The molecule has 0 radical (unpaired) electrons. The second-order valence-electron chi connectivity index (χ2n) is 4.57. The Bertz CT molecular complexity index is 777. The Morgan fingerprint density at radius 2 is 1.30 bits per heavy atom. The molecule has 0 unspecified atom stereocenters. The first-order valence-electron chi connectivity index (χ1n) is 6.55. The van der Waals surface area contributed by atoms with Crippen LogP contribution in [0.25, 0.3) is 12.2 Å². The van der Waals surface area contributed by atoms with E-state index in [1.807, 2.05) is 0 Å². The Labute approximate surface area is 131 Å². The van der Waals surface area contributed by atoms with Crippen LogP contribution in [-0.4, -0.2) is 26.4 Å². The van der Waals surface area contributed by atoms with Crippen molar-refractivity contribution < 1.29 is 30.0 Å². The van der Waals surface area contributed by atoms with E-state index in [1.54, 1.807) is 0 Å². The summed E-state index contributed by atoms with van der Waals surface area (Å²) >= 11 is 0. The highest BCUT2D eigenvalue weighted by atomic mass is 16.5. The monoisotopic (exact) mass is 314 g/mol. The molecular weight excluding hydrogens is 300 g/mol. The molecule has 4 N–H and O–H groups in total. The van der Waals surface area contributed by atoms with Gasteiger partial charge in [0.2, 0.25) is 0 Å². The molecule has 0 atom stereocenters. The minimum Gasteiger partial charge on any atom is -0.504 e. The third kappa shape index (κ3) is 4.53. The number of ether oxygens (including phenoxy) is 1. The second kappa shape index (κ2) is 7.04. The molecule has 0 aliphatic rings. The summed E-state index contributed by atoms with van der Waals surface area (Å²) in [4.78, 5) is 11.5. The van der Waals surface area contributed by atoms with Crippen molar-refractivity contribution in [3.63, 3.8) is 0 Å². The highest BCUT2D eigenvalue weighted by Crippen LogP contribution is 2.26. The molecule has 0 saturated heterocycles. The molecule has 2 aromatic rings. The van der Waals surface area contributed by atoms with E-state index in [4.69, 9.17) is 4.74 Å². The van der Waals surface area contributed by atoms with E-state index in [0.717, 1.165) is 12.3 Å². The van der Waals surface area contributed by atoms with Crippen LogP contribution in [0.15, 0.2) is 48.7 Å². The molecule has 118 valence electrons. The summed E-state index contributed by atoms with van der Waals surface area (Å²) in [7, 11) is 0. The smallest absolute Gasteiger partial charge is 0.335 e. The van der Waals surface area contributed by atoms with Crippen LogP contribution in [0.3, 0.4) is 0 Å².